The fraction of sp³-hybridized carbons (Fsp3) is 0.0667. The van der Waals surface area contributed by atoms with Crippen LogP contribution in [0.3, 0.4) is 0 Å². The van der Waals surface area contributed by atoms with Crippen LogP contribution in [-0.4, -0.2) is 20.8 Å². The Balaban J connectivity index is 1.82. The molecule has 2 aromatic heterocycles. The van der Waals surface area contributed by atoms with Gasteiger partial charge in [-0.15, -0.1) is 0 Å². The molecule has 3 rings (SSSR count). The molecule has 0 aliphatic rings. The summed E-state index contributed by atoms with van der Waals surface area (Å²) in [4.78, 5) is 16.0. The van der Waals surface area contributed by atoms with E-state index in [4.69, 9.17) is 11.6 Å². The molecule has 0 unspecified atom stereocenters. The lowest BCUT2D eigenvalue weighted by Gasteiger charge is -2.05. The van der Waals surface area contributed by atoms with Gasteiger partial charge in [0.05, 0.1) is 22.6 Å². The first-order valence-electron chi connectivity index (χ1n) is 6.33. The number of aromatic nitrogens is 2. The Kier molecular flexibility index (Phi) is 3.50. The second-order valence-electron chi connectivity index (χ2n) is 4.60. The van der Waals surface area contributed by atoms with Crippen LogP contribution in [0.25, 0.3) is 10.9 Å². The zero-order chi connectivity index (χ0) is 14.8. The Bertz CT molecular complexity index is 814. The van der Waals surface area contributed by atoms with Gasteiger partial charge in [-0.25, -0.2) is 0 Å². The van der Waals surface area contributed by atoms with Gasteiger partial charge in [-0.05, 0) is 17.7 Å². The predicted molar refractivity (Wildman–Crippen MR) is 80.7 cm³/mol. The summed E-state index contributed by atoms with van der Waals surface area (Å²) in [6.45, 7) is 0. The van der Waals surface area contributed by atoms with Gasteiger partial charge in [0.1, 0.15) is 0 Å². The summed E-state index contributed by atoms with van der Waals surface area (Å²) >= 11 is 5.95. The quantitative estimate of drug-likeness (QED) is 0.730. The molecule has 0 aliphatic carbocycles. The second-order valence-corrected chi connectivity index (χ2v) is 5.00. The highest BCUT2D eigenvalue weighted by Crippen LogP contribution is 2.22. The molecule has 0 aliphatic heterocycles. The van der Waals surface area contributed by atoms with Crippen molar-refractivity contribution < 1.29 is 10.0 Å². The number of carbonyl (C=O) groups is 1. The standard InChI is InChI=1S/C15H12ClN3O2/c16-12-8-17-6-5-13(12)18-15(20)7-10-9-19(21)14-4-2-1-3-11(10)14/h1-6,8-9,21H,7H2,(H,17,18,20). The van der Waals surface area contributed by atoms with Gasteiger partial charge in [-0.2, -0.15) is 4.73 Å². The molecule has 0 radical (unpaired) electrons. The first-order valence-corrected chi connectivity index (χ1v) is 6.70. The summed E-state index contributed by atoms with van der Waals surface area (Å²) in [6, 6.07) is 8.98. The maximum Gasteiger partial charge on any atom is 0.228 e. The Morgan fingerprint density at radius 1 is 1.33 bits per heavy atom. The molecule has 3 aromatic rings. The minimum Gasteiger partial charge on any atom is -0.428 e. The van der Waals surface area contributed by atoms with Gasteiger partial charge in [0.2, 0.25) is 5.91 Å². The third kappa shape index (κ3) is 2.68. The van der Waals surface area contributed by atoms with Gasteiger partial charge < -0.3 is 10.5 Å². The zero-order valence-corrected chi connectivity index (χ0v) is 11.7. The molecule has 5 nitrogen and oxygen atoms in total. The number of benzene rings is 1. The summed E-state index contributed by atoms with van der Waals surface area (Å²) < 4.78 is 1.03. The van der Waals surface area contributed by atoms with Crippen LogP contribution in [0.4, 0.5) is 5.69 Å². The molecule has 2 heterocycles. The van der Waals surface area contributed by atoms with Crippen LogP contribution in [0, 0.1) is 0 Å². The van der Waals surface area contributed by atoms with Crippen molar-refractivity contribution >= 4 is 34.1 Å². The fourth-order valence-electron chi connectivity index (χ4n) is 2.22. The highest BCUT2D eigenvalue weighted by Gasteiger charge is 2.12. The lowest BCUT2D eigenvalue weighted by molar-refractivity contribution is -0.115. The van der Waals surface area contributed by atoms with E-state index in [1.807, 2.05) is 18.2 Å². The number of rotatable bonds is 3. The zero-order valence-electron chi connectivity index (χ0n) is 11.0. The van der Waals surface area contributed by atoms with Crippen molar-refractivity contribution in [3.63, 3.8) is 0 Å². The molecule has 0 atom stereocenters. The van der Waals surface area contributed by atoms with Crippen LogP contribution in [0.2, 0.25) is 5.02 Å². The molecule has 1 amide bonds. The minimum absolute atomic E-state index is 0.146. The number of para-hydroxylation sites is 1. The lowest BCUT2D eigenvalue weighted by Crippen LogP contribution is -2.14. The Labute approximate surface area is 125 Å². The summed E-state index contributed by atoms with van der Waals surface area (Å²) in [5, 5.41) is 13.8. The molecule has 0 saturated carbocycles. The largest absolute Gasteiger partial charge is 0.428 e. The molecular weight excluding hydrogens is 290 g/mol. The monoisotopic (exact) mass is 301 g/mol. The van der Waals surface area contributed by atoms with E-state index in [2.05, 4.69) is 10.3 Å². The Hall–Kier alpha value is -2.53. The number of nitrogens with one attached hydrogen (secondary N) is 1. The van der Waals surface area contributed by atoms with E-state index in [1.165, 1.54) is 6.20 Å². The highest BCUT2D eigenvalue weighted by molar-refractivity contribution is 6.33. The molecule has 2 N–H and O–H groups in total. The molecule has 0 spiro atoms. The molecule has 0 fully saturated rings. The van der Waals surface area contributed by atoms with Crippen LogP contribution < -0.4 is 5.32 Å². The van der Waals surface area contributed by atoms with Gasteiger partial charge in [0.15, 0.2) is 0 Å². The maximum absolute atomic E-state index is 12.1. The molecule has 21 heavy (non-hydrogen) atoms. The summed E-state index contributed by atoms with van der Waals surface area (Å²) in [6.07, 6.45) is 4.71. The number of hydrogen-bond donors (Lipinski definition) is 2. The van der Waals surface area contributed by atoms with Gasteiger partial charge in [0, 0.05) is 24.0 Å². The van der Waals surface area contributed by atoms with E-state index in [-0.39, 0.29) is 12.3 Å². The van der Waals surface area contributed by atoms with E-state index < -0.39 is 0 Å². The van der Waals surface area contributed by atoms with Crippen LogP contribution >= 0.6 is 11.6 Å². The summed E-state index contributed by atoms with van der Waals surface area (Å²) in [5.41, 5.74) is 1.93. The normalized spacial score (nSPS) is 10.7. The summed E-state index contributed by atoms with van der Waals surface area (Å²) in [5.74, 6) is -0.209. The van der Waals surface area contributed by atoms with Gasteiger partial charge in [-0.1, -0.05) is 29.8 Å². The van der Waals surface area contributed by atoms with Crippen LogP contribution in [0.15, 0.2) is 48.9 Å². The first-order chi connectivity index (χ1) is 10.1. The fourth-order valence-corrected chi connectivity index (χ4v) is 2.38. The smallest absolute Gasteiger partial charge is 0.228 e. The molecular formula is C15H12ClN3O2. The number of halogens is 1. The van der Waals surface area contributed by atoms with Crippen molar-refractivity contribution in [2.24, 2.45) is 0 Å². The van der Waals surface area contributed by atoms with Crippen molar-refractivity contribution in [3.05, 3.63) is 59.5 Å². The summed E-state index contributed by atoms with van der Waals surface area (Å²) in [7, 11) is 0. The van der Waals surface area contributed by atoms with E-state index in [0.717, 1.165) is 15.7 Å². The maximum atomic E-state index is 12.1. The van der Waals surface area contributed by atoms with Crippen molar-refractivity contribution in [3.8, 4) is 0 Å². The van der Waals surface area contributed by atoms with Crippen molar-refractivity contribution in [1.29, 1.82) is 0 Å². The second kappa shape index (κ2) is 5.46. The van der Waals surface area contributed by atoms with E-state index >= 15 is 0 Å². The first kappa shape index (κ1) is 13.5. The molecule has 1 aromatic carbocycles. The van der Waals surface area contributed by atoms with Crippen LogP contribution in [-0.2, 0) is 11.2 Å². The topological polar surface area (TPSA) is 67.2 Å². The number of pyridine rings is 1. The van der Waals surface area contributed by atoms with Gasteiger partial charge >= 0.3 is 0 Å². The van der Waals surface area contributed by atoms with Crippen LogP contribution in [0.5, 0.6) is 0 Å². The van der Waals surface area contributed by atoms with E-state index in [9.17, 15) is 10.0 Å². The van der Waals surface area contributed by atoms with Crippen LogP contribution in [0.1, 0.15) is 5.56 Å². The van der Waals surface area contributed by atoms with Gasteiger partial charge in [-0.3, -0.25) is 9.78 Å². The van der Waals surface area contributed by atoms with E-state index in [0.29, 0.717) is 16.2 Å². The molecule has 0 saturated heterocycles. The molecule has 0 bridgehead atoms. The van der Waals surface area contributed by atoms with Gasteiger partial charge in [0.25, 0.3) is 0 Å². The average molecular weight is 302 g/mol. The molecule has 6 heteroatoms. The highest BCUT2D eigenvalue weighted by atomic mass is 35.5. The minimum atomic E-state index is -0.209. The van der Waals surface area contributed by atoms with Crippen molar-refractivity contribution in [2.75, 3.05) is 5.32 Å². The predicted octanol–water partition coefficient (Wildman–Crippen LogP) is 3.11. The molecule has 106 valence electrons. The van der Waals surface area contributed by atoms with Crippen molar-refractivity contribution in [1.82, 2.24) is 9.71 Å². The Morgan fingerprint density at radius 3 is 2.95 bits per heavy atom. The number of amides is 1. The van der Waals surface area contributed by atoms with E-state index in [1.54, 1.807) is 24.5 Å². The number of hydrogen-bond acceptors (Lipinski definition) is 3. The number of nitrogens with zero attached hydrogens (tertiary/aromatic N) is 2. The van der Waals surface area contributed by atoms with Crippen molar-refractivity contribution in [2.45, 2.75) is 6.42 Å². The SMILES string of the molecule is O=C(Cc1cn(O)c2ccccc12)Nc1ccncc1Cl. The number of carbonyl (C=O) groups excluding carboxylic acids is 1. The third-order valence-electron chi connectivity index (χ3n) is 3.17. The Morgan fingerprint density at radius 2 is 2.14 bits per heavy atom. The lowest BCUT2D eigenvalue weighted by atomic mass is 10.1. The number of anilines is 1. The third-order valence-corrected chi connectivity index (χ3v) is 3.47. The average Bonchev–Trinajstić information content (AvgIpc) is 2.79. The number of fused-ring (bicyclic) bond motifs is 1.